The first-order valence-corrected chi connectivity index (χ1v) is 9.07. The molecule has 1 aliphatic carbocycles. The van der Waals surface area contributed by atoms with Crippen LogP contribution in [0.5, 0.6) is 0 Å². The molecular formula is C17H34S. The zero-order valence-electron chi connectivity index (χ0n) is 12.5. The molecule has 1 heteroatoms. The van der Waals surface area contributed by atoms with E-state index in [1.165, 1.54) is 83.5 Å². The maximum atomic E-state index is 4.53. The Labute approximate surface area is 121 Å². The van der Waals surface area contributed by atoms with Gasteiger partial charge in [-0.1, -0.05) is 77.6 Å². The van der Waals surface area contributed by atoms with Crippen molar-refractivity contribution < 1.29 is 0 Å². The lowest BCUT2D eigenvalue weighted by Gasteiger charge is -2.16. The maximum Gasteiger partial charge on any atom is -0.00695 e. The Hall–Kier alpha value is 0.350. The quantitative estimate of drug-likeness (QED) is 0.535. The van der Waals surface area contributed by atoms with Gasteiger partial charge in [0.25, 0.3) is 0 Å². The van der Waals surface area contributed by atoms with Crippen molar-refractivity contribution >= 4 is 12.6 Å². The van der Waals surface area contributed by atoms with Crippen molar-refractivity contribution in [2.24, 2.45) is 11.8 Å². The lowest BCUT2D eigenvalue weighted by atomic mass is 9.92. The third kappa shape index (κ3) is 8.45. The number of rotatable bonds is 1. The normalized spacial score (nSPS) is 30.3. The van der Waals surface area contributed by atoms with Crippen molar-refractivity contribution in [2.45, 2.75) is 90.4 Å². The van der Waals surface area contributed by atoms with E-state index >= 15 is 0 Å². The van der Waals surface area contributed by atoms with Gasteiger partial charge in [0, 0.05) is 0 Å². The molecule has 2 unspecified atom stereocenters. The van der Waals surface area contributed by atoms with Gasteiger partial charge in [0.05, 0.1) is 0 Å². The van der Waals surface area contributed by atoms with Crippen molar-refractivity contribution in [1.82, 2.24) is 0 Å². The zero-order valence-corrected chi connectivity index (χ0v) is 13.4. The highest BCUT2D eigenvalue weighted by atomic mass is 32.1. The van der Waals surface area contributed by atoms with Crippen LogP contribution in [-0.2, 0) is 0 Å². The largest absolute Gasteiger partial charge is 0.179 e. The summed E-state index contributed by atoms with van der Waals surface area (Å²) in [4.78, 5) is 0. The smallest absolute Gasteiger partial charge is 0.00695 e. The van der Waals surface area contributed by atoms with Gasteiger partial charge in [-0.15, -0.1) is 0 Å². The van der Waals surface area contributed by atoms with E-state index < -0.39 is 0 Å². The molecule has 0 aromatic heterocycles. The van der Waals surface area contributed by atoms with Crippen LogP contribution in [0.25, 0.3) is 0 Å². The zero-order chi connectivity index (χ0) is 13.1. The average molecular weight is 271 g/mol. The first kappa shape index (κ1) is 16.4. The molecule has 108 valence electrons. The molecule has 1 rings (SSSR count). The summed E-state index contributed by atoms with van der Waals surface area (Å²) >= 11 is 4.53. The van der Waals surface area contributed by atoms with Crippen molar-refractivity contribution in [3.05, 3.63) is 0 Å². The summed E-state index contributed by atoms with van der Waals surface area (Å²) in [6.07, 6.45) is 18.9. The number of hydrogen-bond acceptors (Lipinski definition) is 1. The van der Waals surface area contributed by atoms with E-state index in [4.69, 9.17) is 0 Å². The minimum atomic E-state index is 0.894. The Bertz CT molecular complexity index is 178. The van der Waals surface area contributed by atoms with Crippen molar-refractivity contribution in [2.75, 3.05) is 5.75 Å². The van der Waals surface area contributed by atoms with Gasteiger partial charge in [0.1, 0.15) is 0 Å². The predicted octanol–water partition coefficient (Wildman–Crippen LogP) is 6.25. The fraction of sp³-hybridized carbons (Fsp3) is 1.00. The van der Waals surface area contributed by atoms with Crippen LogP contribution in [0.15, 0.2) is 0 Å². The summed E-state index contributed by atoms with van der Waals surface area (Å²) in [5.74, 6) is 2.95. The third-order valence-corrected chi connectivity index (χ3v) is 5.14. The molecule has 0 N–H and O–H groups in total. The number of thiol groups is 1. The second kappa shape index (κ2) is 11.2. The number of hydrogen-bond donors (Lipinski definition) is 1. The Morgan fingerprint density at radius 2 is 1.11 bits per heavy atom. The molecule has 18 heavy (non-hydrogen) atoms. The topological polar surface area (TPSA) is 0 Å². The van der Waals surface area contributed by atoms with Crippen LogP contribution in [0.2, 0.25) is 0 Å². The molecule has 0 nitrogen and oxygen atoms in total. The minimum Gasteiger partial charge on any atom is -0.179 e. The standard InChI is InChI=1S/C17H34S/c1-16-11-8-6-4-2-3-5-7-9-13-17(15-18)14-10-12-16/h16-18H,2-15H2,1H3. The third-order valence-electron chi connectivity index (χ3n) is 4.63. The van der Waals surface area contributed by atoms with E-state index in [0.29, 0.717) is 0 Å². The van der Waals surface area contributed by atoms with Gasteiger partial charge < -0.3 is 0 Å². The van der Waals surface area contributed by atoms with E-state index in [2.05, 4.69) is 19.6 Å². The van der Waals surface area contributed by atoms with Crippen LogP contribution >= 0.6 is 12.6 Å². The highest BCUT2D eigenvalue weighted by molar-refractivity contribution is 7.80. The monoisotopic (exact) mass is 270 g/mol. The molecule has 1 saturated carbocycles. The summed E-state index contributed by atoms with van der Waals surface area (Å²) < 4.78 is 0. The Balaban J connectivity index is 2.26. The van der Waals surface area contributed by atoms with Gasteiger partial charge in [0.2, 0.25) is 0 Å². The van der Waals surface area contributed by atoms with Crippen LogP contribution in [0.4, 0.5) is 0 Å². The Morgan fingerprint density at radius 3 is 1.72 bits per heavy atom. The molecule has 1 fully saturated rings. The summed E-state index contributed by atoms with van der Waals surface area (Å²) in [5, 5.41) is 0. The van der Waals surface area contributed by atoms with Crippen LogP contribution in [0.1, 0.15) is 90.4 Å². The maximum absolute atomic E-state index is 4.53. The van der Waals surface area contributed by atoms with E-state index in [-0.39, 0.29) is 0 Å². The van der Waals surface area contributed by atoms with Crippen LogP contribution < -0.4 is 0 Å². The lowest BCUT2D eigenvalue weighted by molar-refractivity contribution is 0.399. The Kier molecular flexibility index (Phi) is 10.2. The van der Waals surface area contributed by atoms with Gasteiger partial charge in [-0.25, -0.2) is 0 Å². The van der Waals surface area contributed by atoms with E-state index in [0.717, 1.165) is 17.6 Å². The molecular weight excluding hydrogens is 236 g/mol. The van der Waals surface area contributed by atoms with Gasteiger partial charge in [-0.05, 0) is 30.4 Å². The molecule has 0 spiro atoms. The highest BCUT2D eigenvalue weighted by Gasteiger charge is 2.09. The molecule has 0 aromatic rings. The Morgan fingerprint density at radius 1 is 0.667 bits per heavy atom. The molecule has 0 saturated heterocycles. The van der Waals surface area contributed by atoms with Crippen molar-refractivity contribution in [3.63, 3.8) is 0 Å². The molecule has 0 heterocycles. The summed E-state index contributed by atoms with van der Waals surface area (Å²) in [6.45, 7) is 2.45. The van der Waals surface area contributed by atoms with Crippen LogP contribution in [0, 0.1) is 11.8 Å². The highest BCUT2D eigenvalue weighted by Crippen LogP contribution is 2.23. The summed E-state index contributed by atoms with van der Waals surface area (Å²) in [6, 6.07) is 0. The molecule has 0 aliphatic heterocycles. The molecule has 0 bridgehead atoms. The summed E-state index contributed by atoms with van der Waals surface area (Å²) in [7, 11) is 0. The molecule has 0 radical (unpaired) electrons. The second-order valence-corrected chi connectivity index (χ2v) is 6.86. The van der Waals surface area contributed by atoms with Gasteiger partial charge >= 0.3 is 0 Å². The van der Waals surface area contributed by atoms with E-state index in [9.17, 15) is 0 Å². The first-order valence-electron chi connectivity index (χ1n) is 8.43. The van der Waals surface area contributed by atoms with Crippen molar-refractivity contribution in [3.8, 4) is 0 Å². The van der Waals surface area contributed by atoms with Crippen LogP contribution in [-0.4, -0.2) is 5.75 Å². The molecule has 1 aliphatic rings. The fourth-order valence-corrected chi connectivity index (χ4v) is 3.58. The second-order valence-electron chi connectivity index (χ2n) is 6.49. The van der Waals surface area contributed by atoms with Crippen molar-refractivity contribution in [1.29, 1.82) is 0 Å². The van der Waals surface area contributed by atoms with Crippen LogP contribution in [0.3, 0.4) is 0 Å². The molecule has 0 aromatic carbocycles. The molecule has 2 atom stereocenters. The van der Waals surface area contributed by atoms with Gasteiger partial charge in [-0.3, -0.25) is 0 Å². The van der Waals surface area contributed by atoms with E-state index in [1.54, 1.807) is 0 Å². The summed E-state index contributed by atoms with van der Waals surface area (Å²) in [5.41, 5.74) is 0. The van der Waals surface area contributed by atoms with Gasteiger partial charge in [0.15, 0.2) is 0 Å². The predicted molar refractivity (Wildman–Crippen MR) is 86.5 cm³/mol. The van der Waals surface area contributed by atoms with E-state index in [1.807, 2.05) is 0 Å². The minimum absolute atomic E-state index is 0.894. The first-order chi connectivity index (χ1) is 8.83. The fourth-order valence-electron chi connectivity index (χ4n) is 3.21. The lowest BCUT2D eigenvalue weighted by Crippen LogP contribution is -2.04. The van der Waals surface area contributed by atoms with Gasteiger partial charge in [-0.2, -0.15) is 12.6 Å². The molecule has 0 amide bonds. The SMILES string of the molecule is CC1CCCCCCCCCCC(CS)CCC1. The average Bonchev–Trinajstić information content (AvgIpc) is 2.38.